The van der Waals surface area contributed by atoms with Crippen LogP contribution in [0, 0.1) is 0 Å². The van der Waals surface area contributed by atoms with E-state index in [-0.39, 0.29) is 0 Å². The summed E-state index contributed by atoms with van der Waals surface area (Å²) in [5.41, 5.74) is 12.8. The molecule has 4 aromatic heterocycles. The van der Waals surface area contributed by atoms with E-state index in [0.29, 0.717) is 0 Å². The molecule has 9 aromatic rings. The van der Waals surface area contributed by atoms with E-state index in [4.69, 9.17) is 4.42 Å². The highest BCUT2D eigenvalue weighted by Gasteiger charge is 2.30. The number of aromatic nitrogens is 3. The molecule has 0 amide bonds. The number of hydrogen-bond donors (Lipinski definition) is 0. The monoisotopic (exact) mass is 576 g/mol. The Balaban J connectivity index is 1.31. The fraction of sp³-hybridized carbons (Fsp3) is 0. The second-order valence-electron chi connectivity index (χ2n) is 11.5. The van der Waals surface area contributed by atoms with Crippen LogP contribution in [0.1, 0.15) is 0 Å². The lowest BCUT2D eigenvalue weighted by atomic mass is 9.98. The lowest BCUT2D eigenvalue weighted by molar-refractivity contribution is 0.671. The molecular weight excluding hydrogens is 552 g/mol. The quantitative estimate of drug-likeness (QED) is 0.210. The van der Waals surface area contributed by atoms with Gasteiger partial charge in [-0.15, -0.1) is 0 Å². The number of benzene rings is 5. The maximum absolute atomic E-state index is 6.61. The number of hydrogen-bond acceptors (Lipinski definition) is 4. The van der Waals surface area contributed by atoms with Gasteiger partial charge in [-0.3, -0.25) is 9.97 Å². The van der Waals surface area contributed by atoms with Gasteiger partial charge in [-0.1, -0.05) is 60.7 Å². The molecule has 10 rings (SSSR count). The predicted octanol–water partition coefficient (Wildman–Crippen LogP) is 10.6. The highest BCUT2D eigenvalue weighted by molar-refractivity contribution is 6.24. The summed E-state index contributed by atoms with van der Waals surface area (Å²) < 4.78 is 9.02. The number of rotatable bonds is 3. The zero-order valence-electron chi connectivity index (χ0n) is 24.1. The SMILES string of the molecule is c1cncc(-c2cc(-c3cccnc3)cc(N3c4ccccc4-n4c5c3cccc5c3ccc5c6ccccc6oc5c34)c2)c1. The van der Waals surface area contributed by atoms with E-state index in [2.05, 4.69) is 123 Å². The molecule has 1 aliphatic rings. The fourth-order valence-corrected chi connectivity index (χ4v) is 7.12. The second-order valence-corrected chi connectivity index (χ2v) is 11.5. The van der Waals surface area contributed by atoms with Crippen LogP contribution in [0.4, 0.5) is 17.1 Å². The Kier molecular flexibility index (Phi) is 4.93. The van der Waals surface area contributed by atoms with Gasteiger partial charge in [-0.25, -0.2) is 0 Å². The van der Waals surface area contributed by atoms with Crippen molar-refractivity contribution in [3.8, 4) is 27.9 Å². The van der Waals surface area contributed by atoms with E-state index in [1.54, 1.807) is 0 Å². The van der Waals surface area contributed by atoms with Crippen LogP contribution in [0.25, 0.3) is 71.7 Å². The van der Waals surface area contributed by atoms with Crippen molar-refractivity contribution in [2.24, 2.45) is 0 Å². The molecule has 45 heavy (non-hydrogen) atoms. The number of fused-ring (bicyclic) bond motifs is 9. The number of nitrogens with zero attached hydrogens (tertiary/aromatic N) is 4. The van der Waals surface area contributed by atoms with Crippen LogP contribution >= 0.6 is 0 Å². The molecule has 5 nitrogen and oxygen atoms in total. The normalized spacial score (nSPS) is 12.4. The van der Waals surface area contributed by atoms with Crippen molar-refractivity contribution in [3.63, 3.8) is 0 Å². The summed E-state index contributed by atoms with van der Waals surface area (Å²) in [5.74, 6) is 0. The van der Waals surface area contributed by atoms with Crippen molar-refractivity contribution in [1.82, 2.24) is 14.5 Å². The summed E-state index contributed by atoms with van der Waals surface area (Å²) in [4.78, 5) is 11.3. The molecule has 5 aromatic carbocycles. The Labute approximate surface area is 258 Å². The largest absolute Gasteiger partial charge is 0.454 e. The molecular formula is C40H24N4O. The molecule has 5 heteroatoms. The van der Waals surface area contributed by atoms with Crippen LogP contribution in [0.3, 0.4) is 0 Å². The highest BCUT2D eigenvalue weighted by atomic mass is 16.3. The van der Waals surface area contributed by atoms with E-state index >= 15 is 0 Å². The first-order valence-electron chi connectivity index (χ1n) is 15.1. The van der Waals surface area contributed by atoms with Gasteiger partial charge in [0.25, 0.3) is 0 Å². The van der Waals surface area contributed by atoms with Gasteiger partial charge >= 0.3 is 0 Å². The molecule has 0 unspecified atom stereocenters. The van der Waals surface area contributed by atoms with E-state index in [1.807, 2.05) is 43.0 Å². The Morgan fingerprint density at radius 1 is 0.467 bits per heavy atom. The van der Waals surface area contributed by atoms with Gasteiger partial charge in [0.05, 0.1) is 28.1 Å². The zero-order chi connectivity index (χ0) is 29.5. The van der Waals surface area contributed by atoms with Crippen LogP contribution in [0.2, 0.25) is 0 Å². The maximum Gasteiger partial charge on any atom is 0.160 e. The topological polar surface area (TPSA) is 47.1 Å². The summed E-state index contributed by atoms with van der Waals surface area (Å²) >= 11 is 0. The summed E-state index contributed by atoms with van der Waals surface area (Å²) in [5, 5.41) is 4.63. The minimum atomic E-state index is 0.902. The van der Waals surface area contributed by atoms with Gasteiger partial charge < -0.3 is 13.9 Å². The minimum Gasteiger partial charge on any atom is -0.454 e. The lowest BCUT2D eigenvalue weighted by Crippen LogP contribution is -2.18. The van der Waals surface area contributed by atoms with E-state index in [1.165, 1.54) is 10.8 Å². The molecule has 0 radical (unpaired) electrons. The standard InChI is InChI=1S/C40H24N4O/c1-4-15-37-30(10-1)33-17-16-32-31-11-5-14-36-38(31)44(39(32)40(33)45-37)35-13-3-2-12-34(35)43(36)29-21-27(25-8-6-18-41-23-25)20-28(22-29)26-9-7-19-42-24-26/h1-24H. The summed E-state index contributed by atoms with van der Waals surface area (Å²) in [6.07, 6.45) is 7.48. The van der Waals surface area contributed by atoms with Gasteiger partial charge in [0.15, 0.2) is 5.58 Å². The van der Waals surface area contributed by atoms with Gasteiger partial charge in [-0.05, 0) is 71.8 Å². The van der Waals surface area contributed by atoms with Crippen LogP contribution in [-0.2, 0) is 0 Å². The maximum atomic E-state index is 6.61. The van der Waals surface area contributed by atoms with Crippen molar-refractivity contribution < 1.29 is 4.42 Å². The molecule has 210 valence electrons. The van der Waals surface area contributed by atoms with Gasteiger partial charge in [0.2, 0.25) is 0 Å². The number of pyridine rings is 2. The average Bonchev–Trinajstić information content (AvgIpc) is 3.66. The van der Waals surface area contributed by atoms with E-state index in [0.717, 1.165) is 78.0 Å². The van der Waals surface area contributed by atoms with Gasteiger partial charge in [0.1, 0.15) is 5.58 Å². The third-order valence-corrected chi connectivity index (χ3v) is 9.04. The molecule has 1 aliphatic heterocycles. The van der Waals surface area contributed by atoms with Crippen molar-refractivity contribution in [2.75, 3.05) is 4.90 Å². The first-order chi connectivity index (χ1) is 22.3. The van der Waals surface area contributed by atoms with Crippen LogP contribution in [0.15, 0.2) is 151 Å². The van der Waals surface area contributed by atoms with Crippen LogP contribution in [-0.4, -0.2) is 14.5 Å². The second kappa shape index (κ2) is 9.15. The Bertz CT molecular complexity index is 2540. The number of furan rings is 1. The molecule has 0 fully saturated rings. The molecule has 0 aliphatic carbocycles. The third kappa shape index (κ3) is 3.43. The van der Waals surface area contributed by atoms with Gasteiger partial charge in [-0.2, -0.15) is 0 Å². The molecule has 0 N–H and O–H groups in total. The molecule has 0 saturated carbocycles. The highest BCUT2D eigenvalue weighted by Crippen LogP contribution is 2.52. The van der Waals surface area contributed by atoms with E-state index in [9.17, 15) is 0 Å². The molecule has 0 spiro atoms. The fourth-order valence-electron chi connectivity index (χ4n) is 7.12. The first kappa shape index (κ1) is 24.3. The number of anilines is 3. The Morgan fingerprint density at radius 2 is 1.11 bits per heavy atom. The van der Waals surface area contributed by atoms with Crippen LogP contribution < -0.4 is 4.90 Å². The van der Waals surface area contributed by atoms with Crippen molar-refractivity contribution in [2.45, 2.75) is 0 Å². The Morgan fingerprint density at radius 3 is 1.87 bits per heavy atom. The Hall–Kier alpha value is -6.20. The lowest BCUT2D eigenvalue weighted by Gasteiger charge is -2.33. The van der Waals surface area contributed by atoms with Crippen molar-refractivity contribution in [3.05, 3.63) is 146 Å². The van der Waals surface area contributed by atoms with Crippen LogP contribution in [0.5, 0.6) is 0 Å². The van der Waals surface area contributed by atoms with E-state index < -0.39 is 0 Å². The van der Waals surface area contributed by atoms with Crippen molar-refractivity contribution in [1.29, 1.82) is 0 Å². The average molecular weight is 577 g/mol. The summed E-state index contributed by atoms with van der Waals surface area (Å²) in [6, 6.07) is 43.0. The molecule has 0 atom stereocenters. The van der Waals surface area contributed by atoms with Gasteiger partial charge in [0, 0.05) is 63.1 Å². The smallest absolute Gasteiger partial charge is 0.160 e. The van der Waals surface area contributed by atoms with Crippen molar-refractivity contribution >= 4 is 60.8 Å². The zero-order valence-corrected chi connectivity index (χ0v) is 24.1. The third-order valence-electron chi connectivity index (χ3n) is 9.04. The molecule has 5 heterocycles. The minimum absolute atomic E-state index is 0.902. The molecule has 0 bridgehead atoms. The number of para-hydroxylation sites is 4. The molecule has 0 saturated heterocycles. The summed E-state index contributed by atoms with van der Waals surface area (Å²) in [6.45, 7) is 0. The summed E-state index contributed by atoms with van der Waals surface area (Å²) in [7, 11) is 0. The predicted molar refractivity (Wildman–Crippen MR) is 183 cm³/mol. The first-order valence-corrected chi connectivity index (χ1v) is 15.1.